The summed E-state index contributed by atoms with van der Waals surface area (Å²) in [5.74, 6) is 1.84. The molecule has 7 aromatic carbocycles. The maximum absolute atomic E-state index is 9.23. The molecule has 0 saturated heterocycles. The van der Waals surface area contributed by atoms with E-state index in [4.69, 9.17) is 24.9 Å². The van der Waals surface area contributed by atoms with Crippen LogP contribution >= 0.6 is 0 Å². The highest BCUT2D eigenvalue weighted by Crippen LogP contribution is 2.41. The second kappa shape index (κ2) is 13.8. The summed E-state index contributed by atoms with van der Waals surface area (Å²) in [4.78, 5) is 24.8. The van der Waals surface area contributed by atoms with Crippen LogP contribution in [0.1, 0.15) is 5.56 Å². The fourth-order valence-electron chi connectivity index (χ4n) is 7.48. The molecule has 0 radical (unpaired) electrons. The van der Waals surface area contributed by atoms with E-state index in [9.17, 15) is 5.26 Å². The number of nitriles is 1. The molecule has 6 nitrogen and oxygen atoms in total. The molecular formula is C50H30N6. The Morgan fingerprint density at radius 1 is 0.339 bits per heavy atom. The number of hydrogen-bond acceptors (Lipinski definition) is 6. The van der Waals surface area contributed by atoms with Gasteiger partial charge in [-0.25, -0.2) is 15.0 Å². The van der Waals surface area contributed by atoms with Gasteiger partial charge in [-0.15, -0.1) is 0 Å². The number of benzene rings is 7. The van der Waals surface area contributed by atoms with Gasteiger partial charge in [0.15, 0.2) is 17.5 Å². The minimum absolute atomic E-state index is 0.599. The molecule has 0 N–H and O–H groups in total. The SMILES string of the molecule is N#Cc1ccc(-c2ccc(-c3cc4c5cccnc5c(-c5cccc(-c6nc(-c7ccccc7)nc(-c7ccccc7)n6)c5)cc4c4cccnc34)cc2)cc1. The van der Waals surface area contributed by atoms with E-state index in [0.29, 0.717) is 23.0 Å². The van der Waals surface area contributed by atoms with E-state index in [-0.39, 0.29) is 0 Å². The van der Waals surface area contributed by atoms with E-state index < -0.39 is 0 Å². The van der Waals surface area contributed by atoms with Gasteiger partial charge in [0, 0.05) is 51.0 Å². The number of aromatic nitrogens is 5. The lowest BCUT2D eigenvalue weighted by atomic mass is 9.90. The largest absolute Gasteiger partial charge is 0.256 e. The van der Waals surface area contributed by atoms with Crippen molar-refractivity contribution in [2.45, 2.75) is 0 Å². The van der Waals surface area contributed by atoms with Gasteiger partial charge in [-0.2, -0.15) is 5.26 Å². The number of nitrogens with zero attached hydrogens (tertiary/aromatic N) is 6. The van der Waals surface area contributed by atoms with E-state index in [1.165, 1.54) is 0 Å². The highest BCUT2D eigenvalue weighted by molar-refractivity contribution is 6.22. The van der Waals surface area contributed by atoms with Gasteiger partial charge >= 0.3 is 0 Å². The van der Waals surface area contributed by atoms with E-state index >= 15 is 0 Å². The molecule has 3 aromatic heterocycles. The van der Waals surface area contributed by atoms with Crippen molar-refractivity contribution in [1.29, 1.82) is 5.26 Å². The van der Waals surface area contributed by atoms with Crippen LogP contribution in [-0.2, 0) is 0 Å². The van der Waals surface area contributed by atoms with E-state index in [0.717, 1.165) is 82.6 Å². The molecule has 0 unspecified atom stereocenters. The Morgan fingerprint density at radius 3 is 1.32 bits per heavy atom. The first-order chi connectivity index (χ1) is 27.7. The van der Waals surface area contributed by atoms with Crippen molar-refractivity contribution in [2.24, 2.45) is 0 Å². The number of hydrogen-bond donors (Lipinski definition) is 0. The molecule has 0 aliphatic rings. The zero-order valence-electron chi connectivity index (χ0n) is 30.0. The Balaban J connectivity index is 1.12. The molecular weight excluding hydrogens is 685 g/mol. The van der Waals surface area contributed by atoms with Crippen molar-refractivity contribution in [3.8, 4) is 73.6 Å². The average Bonchev–Trinajstić information content (AvgIpc) is 3.29. The van der Waals surface area contributed by atoms with Gasteiger partial charge in [-0.3, -0.25) is 9.97 Å². The molecule has 0 fully saturated rings. The summed E-state index contributed by atoms with van der Waals surface area (Å²) in [7, 11) is 0. The molecule has 0 amide bonds. The predicted octanol–water partition coefficient (Wildman–Crippen LogP) is 12.0. The third-order valence-electron chi connectivity index (χ3n) is 10.2. The van der Waals surface area contributed by atoms with Gasteiger partial charge in [0.1, 0.15) is 0 Å². The van der Waals surface area contributed by atoms with Crippen molar-refractivity contribution in [3.05, 3.63) is 188 Å². The van der Waals surface area contributed by atoms with Crippen LogP contribution < -0.4 is 0 Å². The molecule has 0 atom stereocenters. The number of rotatable bonds is 6. The maximum Gasteiger partial charge on any atom is 0.164 e. The lowest BCUT2D eigenvalue weighted by Gasteiger charge is -2.15. The number of pyridine rings is 2. The minimum atomic E-state index is 0.599. The molecule has 0 aliphatic carbocycles. The van der Waals surface area contributed by atoms with Crippen molar-refractivity contribution in [1.82, 2.24) is 24.9 Å². The van der Waals surface area contributed by atoms with Gasteiger partial charge < -0.3 is 0 Å². The predicted molar refractivity (Wildman–Crippen MR) is 225 cm³/mol. The Kier molecular flexibility index (Phi) is 8.09. The van der Waals surface area contributed by atoms with Gasteiger partial charge in [0.05, 0.1) is 22.7 Å². The van der Waals surface area contributed by atoms with E-state index in [2.05, 4.69) is 78.9 Å². The monoisotopic (exact) mass is 714 g/mol. The normalized spacial score (nSPS) is 11.2. The summed E-state index contributed by atoms with van der Waals surface area (Å²) in [6.07, 6.45) is 3.72. The molecule has 10 aromatic rings. The van der Waals surface area contributed by atoms with Crippen molar-refractivity contribution in [3.63, 3.8) is 0 Å². The Hall–Kier alpha value is -7.88. The summed E-state index contributed by atoms with van der Waals surface area (Å²) in [6, 6.07) is 59.7. The second-order valence-corrected chi connectivity index (χ2v) is 13.6. The topological polar surface area (TPSA) is 88.2 Å². The fourth-order valence-corrected chi connectivity index (χ4v) is 7.48. The van der Waals surface area contributed by atoms with Gasteiger partial charge in [-0.05, 0) is 75.5 Å². The molecule has 0 saturated carbocycles. The Labute approximate surface area is 323 Å². The Morgan fingerprint density at radius 2 is 0.786 bits per heavy atom. The summed E-state index contributed by atoms with van der Waals surface area (Å²) in [6.45, 7) is 0. The number of fused-ring (bicyclic) bond motifs is 5. The van der Waals surface area contributed by atoms with Crippen molar-refractivity contribution < 1.29 is 0 Å². The third kappa shape index (κ3) is 5.90. The first-order valence-corrected chi connectivity index (χ1v) is 18.4. The van der Waals surface area contributed by atoms with Gasteiger partial charge in [-0.1, -0.05) is 127 Å². The van der Waals surface area contributed by atoms with Crippen LogP contribution in [0.3, 0.4) is 0 Å². The summed E-state index contributed by atoms with van der Waals surface area (Å²) >= 11 is 0. The molecule has 56 heavy (non-hydrogen) atoms. The lowest BCUT2D eigenvalue weighted by molar-refractivity contribution is 1.07. The maximum atomic E-state index is 9.23. The summed E-state index contributed by atoms with van der Waals surface area (Å²) in [5.41, 5.74) is 11.5. The van der Waals surface area contributed by atoms with E-state index in [1.807, 2.05) is 109 Å². The highest BCUT2D eigenvalue weighted by Gasteiger charge is 2.18. The second-order valence-electron chi connectivity index (χ2n) is 13.6. The van der Waals surface area contributed by atoms with Crippen LogP contribution in [0.5, 0.6) is 0 Å². The van der Waals surface area contributed by atoms with Crippen LogP contribution in [0.15, 0.2) is 182 Å². The Bertz CT molecular complexity index is 3060. The third-order valence-corrected chi connectivity index (χ3v) is 10.2. The van der Waals surface area contributed by atoms with Crippen molar-refractivity contribution >= 4 is 32.6 Å². The van der Waals surface area contributed by atoms with Crippen LogP contribution in [0, 0.1) is 11.3 Å². The molecule has 260 valence electrons. The van der Waals surface area contributed by atoms with Crippen LogP contribution in [0.2, 0.25) is 0 Å². The first kappa shape index (κ1) is 32.7. The molecule has 0 spiro atoms. The van der Waals surface area contributed by atoms with Crippen molar-refractivity contribution in [2.75, 3.05) is 0 Å². The van der Waals surface area contributed by atoms with Crippen LogP contribution in [-0.4, -0.2) is 24.9 Å². The molecule has 10 rings (SSSR count). The lowest BCUT2D eigenvalue weighted by Crippen LogP contribution is -2.00. The van der Waals surface area contributed by atoms with Gasteiger partial charge in [0.2, 0.25) is 0 Å². The summed E-state index contributed by atoms with van der Waals surface area (Å²) in [5, 5.41) is 13.6. The molecule has 0 bridgehead atoms. The highest BCUT2D eigenvalue weighted by atomic mass is 15.0. The quantitative estimate of drug-likeness (QED) is 0.159. The first-order valence-electron chi connectivity index (χ1n) is 18.4. The van der Waals surface area contributed by atoms with Crippen LogP contribution in [0.25, 0.3) is 100 Å². The zero-order valence-corrected chi connectivity index (χ0v) is 30.0. The molecule has 0 aliphatic heterocycles. The summed E-state index contributed by atoms with van der Waals surface area (Å²) < 4.78 is 0. The molecule has 3 heterocycles. The standard InChI is InChI=1S/C50H30N6/c51-31-32-18-20-33(21-19-32)34-22-24-35(25-23-34)42-29-44-41-17-9-27-53-47(41)43(30-45(44)40-16-8-26-52-46(40)42)38-14-7-15-39(28-38)50-55-48(36-10-3-1-4-11-36)54-49(56-50)37-12-5-2-6-13-37/h1-30H. The minimum Gasteiger partial charge on any atom is -0.256 e. The molecule has 6 heteroatoms. The van der Waals surface area contributed by atoms with Gasteiger partial charge in [0.25, 0.3) is 0 Å². The van der Waals surface area contributed by atoms with Crippen LogP contribution in [0.4, 0.5) is 0 Å². The fraction of sp³-hybridized carbons (Fsp3) is 0. The van der Waals surface area contributed by atoms with E-state index in [1.54, 1.807) is 0 Å². The smallest absolute Gasteiger partial charge is 0.164 e. The average molecular weight is 715 g/mol. The zero-order chi connectivity index (χ0) is 37.4.